The molecule has 2 unspecified atom stereocenters. The monoisotopic (exact) mass is 721 g/mol. The molecule has 0 radical (unpaired) electrons. The minimum absolute atomic E-state index is 0.0222. The maximum Gasteiger partial charge on any atom is 0.373 e. The third-order valence-electron chi connectivity index (χ3n) is 7.40. The highest BCUT2D eigenvalue weighted by molar-refractivity contribution is 5.78. The van der Waals surface area contributed by atoms with Gasteiger partial charge in [-0.25, -0.2) is 4.79 Å². The zero-order chi connectivity index (χ0) is 38.5. The Hall–Kier alpha value is -4.78. The zero-order valence-corrected chi connectivity index (χ0v) is 29.9. The molecule has 0 aromatic carbocycles. The van der Waals surface area contributed by atoms with Gasteiger partial charge in [0.2, 0.25) is 5.91 Å². The van der Waals surface area contributed by atoms with Crippen LogP contribution in [0.3, 0.4) is 0 Å². The fourth-order valence-electron chi connectivity index (χ4n) is 4.83. The Kier molecular flexibility index (Phi) is 33.2. The molecule has 0 aliphatic carbocycles. The van der Waals surface area contributed by atoms with Crippen molar-refractivity contribution in [3.63, 3.8) is 0 Å². The lowest BCUT2D eigenvalue weighted by Crippen LogP contribution is -2.41. The summed E-state index contributed by atoms with van der Waals surface area (Å²) in [4.78, 5) is 96.8. The number of pyridine rings is 1. The van der Waals surface area contributed by atoms with Gasteiger partial charge in [-0.1, -0.05) is 31.7 Å². The number of hydrogen-bond acceptors (Lipinski definition) is 12. The number of hydrogen-bond donors (Lipinski definition) is 4. The van der Waals surface area contributed by atoms with Crippen LogP contribution in [-0.4, -0.2) is 89.9 Å². The summed E-state index contributed by atoms with van der Waals surface area (Å²) >= 11 is 0. The SMILES string of the molecule is CC(CCC(=O)O)NC(=O)NCCCCCCC(=O)CCCCCCC(=O)NC(CCCCN(C)Cc1ccccn1)OC=O.O=C=O.O=C=O. The van der Waals surface area contributed by atoms with Crippen LogP contribution in [0.5, 0.6) is 0 Å². The molecule has 16 nitrogen and oxygen atoms in total. The summed E-state index contributed by atoms with van der Waals surface area (Å²) in [5, 5.41) is 17.0. The standard InChI is InChI=1S/C33H55N5O7.2CO2/c1-27(20-21-32(42)43)36-33(44)35-23-12-6-5-8-17-29(40)16-7-3-4-9-18-30(41)37-31(45-26-39)19-11-14-24-38(2)25-28-15-10-13-22-34-28;2*2-1-3/h10,13,15,22,26-27,31H,3-9,11-12,14,16-21,23-25H2,1-2H3,(H,37,41)(H,42,43)(H2,35,36,44);;. The lowest BCUT2D eigenvalue weighted by atomic mass is 10.0. The van der Waals surface area contributed by atoms with E-state index in [-0.39, 0.29) is 42.5 Å². The van der Waals surface area contributed by atoms with E-state index in [9.17, 15) is 24.0 Å². The van der Waals surface area contributed by atoms with Crippen LogP contribution in [0.25, 0.3) is 0 Å². The minimum Gasteiger partial charge on any atom is -0.481 e. The molecule has 4 N–H and O–H groups in total. The number of carboxylic acid groups (broad SMARTS) is 1. The van der Waals surface area contributed by atoms with Crippen molar-refractivity contribution in [3.05, 3.63) is 30.1 Å². The van der Waals surface area contributed by atoms with Crippen molar-refractivity contribution in [1.82, 2.24) is 25.8 Å². The average molecular weight is 722 g/mol. The Labute approximate surface area is 299 Å². The molecule has 0 fully saturated rings. The van der Waals surface area contributed by atoms with E-state index in [0.717, 1.165) is 83.0 Å². The second-order valence-corrected chi connectivity index (χ2v) is 11.9. The summed E-state index contributed by atoms with van der Waals surface area (Å²) < 4.78 is 5.07. The number of amides is 3. The van der Waals surface area contributed by atoms with Gasteiger partial charge in [0, 0.05) is 57.4 Å². The highest BCUT2D eigenvalue weighted by atomic mass is 16.5. The largest absolute Gasteiger partial charge is 0.481 e. The first kappa shape index (κ1) is 48.3. The number of carbonyl (C=O) groups excluding carboxylic acids is 8. The second-order valence-electron chi connectivity index (χ2n) is 11.9. The molecular weight excluding hydrogens is 666 g/mol. The van der Waals surface area contributed by atoms with Crippen LogP contribution >= 0.6 is 0 Å². The first-order valence-electron chi connectivity index (χ1n) is 17.3. The third-order valence-corrected chi connectivity index (χ3v) is 7.40. The highest BCUT2D eigenvalue weighted by Crippen LogP contribution is 2.11. The predicted molar refractivity (Wildman–Crippen MR) is 182 cm³/mol. The first-order valence-corrected chi connectivity index (χ1v) is 17.3. The molecule has 0 aliphatic heterocycles. The Morgan fingerprint density at radius 3 is 2.02 bits per heavy atom. The number of aromatic nitrogens is 1. The van der Waals surface area contributed by atoms with Gasteiger partial charge in [-0.05, 0) is 77.6 Å². The van der Waals surface area contributed by atoms with Crippen LogP contribution < -0.4 is 16.0 Å². The molecular formula is C35H55N5O11. The van der Waals surface area contributed by atoms with E-state index in [4.69, 9.17) is 29.0 Å². The molecule has 2 atom stereocenters. The number of nitrogens with zero attached hydrogens (tertiary/aromatic N) is 2. The lowest BCUT2D eigenvalue weighted by molar-refractivity contribution is -0.193. The highest BCUT2D eigenvalue weighted by Gasteiger charge is 2.13. The van der Waals surface area contributed by atoms with Crippen molar-refractivity contribution in [2.45, 2.75) is 128 Å². The smallest absolute Gasteiger partial charge is 0.373 e. The molecule has 0 saturated heterocycles. The number of rotatable bonds is 28. The van der Waals surface area contributed by atoms with Gasteiger partial charge in [-0.3, -0.25) is 24.2 Å². The van der Waals surface area contributed by atoms with Gasteiger partial charge in [-0.2, -0.15) is 19.2 Å². The fourth-order valence-corrected chi connectivity index (χ4v) is 4.83. The molecule has 16 heteroatoms. The van der Waals surface area contributed by atoms with Gasteiger partial charge in [-0.15, -0.1) is 0 Å². The van der Waals surface area contributed by atoms with Crippen LogP contribution in [0.2, 0.25) is 0 Å². The Balaban J connectivity index is 0. The fraction of sp³-hybridized carbons (Fsp3) is 0.657. The van der Waals surface area contributed by atoms with Crippen molar-refractivity contribution in [1.29, 1.82) is 0 Å². The number of ether oxygens (including phenoxy) is 1. The van der Waals surface area contributed by atoms with Gasteiger partial charge in [0.1, 0.15) is 5.78 Å². The van der Waals surface area contributed by atoms with E-state index >= 15 is 0 Å². The van der Waals surface area contributed by atoms with E-state index in [2.05, 4.69) is 25.8 Å². The third kappa shape index (κ3) is 34.9. The summed E-state index contributed by atoms with van der Waals surface area (Å²) in [6.07, 6.45) is 12.7. The summed E-state index contributed by atoms with van der Waals surface area (Å²) in [6, 6.07) is 5.38. The molecule has 0 saturated carbocycles. The molecule has 1 aromatic rings. The Bertz CT molecular complexity index is 1150. The summed E-state index contributed by atoms with van der Waals surface area (Å²) in [5.74, 6) is -0.750. The van der Waals surface area contributed by atoms with Crippen molar-refractivity contribution >= 4 is 42.5 Å². The number of carbonyl (C=O) groups is 5. The molecule has 0 spiro atoms. The maximum atomic E-state index is 12.3. The molecule has 1 aromatic heterocycles. The first-order chi connectivity index (χ1) is 24.5. The van der Waals surface area contributed by atoms with Crippen LogP contribution in [0.4, 0.5) is 4.79 Å². The number of ketones is 1. The van der Waals surface area contributed by atoms with E-state index in [0.29, 0.717) is 45.1 Å². The van der Waals surface area contributed by atoms with Crippen LogP contribution in [0, 0.1) is 0 Å². The topological polar surface area (TPSA) is 235 Å². The summed E-state index contributed by atoms with van der Waals surface area (Å²) in [5.41, 5.74) is 1.02. The second kappa shape index (κ2) is 35.1. The number of aliphatic carboxylic acids is 1. The van der Waals surface area contributed by atoms with E-state index in [1.807, 2.05) is 25.2 Å². The zero-order valence-electron chi connectivity index (χ0n) is 29.9. The molecule has 0 aliphatic rings. The Morgan fingerprint density at radius 1 is 0.843 bits per heavy atom. The van der Waals surface area contributed by atoms with Crippen LogP contribution in [0.1, 0.15) is 115 Å². The van der Waals surface area contributed by atoms with Gasteiger partial charge >= 0.3 is 24.3 Å². The molecule has 51 heavy (non-hydrogen) atoms. The summed E-state index contributed by atoms with van der Waals surface area (Å²) in [6.45, 7) is 4.34. The van der Waals surface area contributed by atoms with Crippen LogP contribution in [0.15, 0.2) is 24.4 Å². The normalized spacial score (nSPS) is 11.1. The predicted octanol–water partition coefficient (Wildman–Crippen LogP) is 3.54. The Morgan fingerprint density at radius 2 is 1.45 bits per heavy atom. The molecule has 1 heterocycles. The number of nitrogens with one attached hydrogen (secondary N) is 3. The van der Waals surface area contributed by atoms with E-state index in [1.165, 1.54) is 0 Å². The lowest BCUT2D eigenvalue weighted by Gasteiger charge is -2.19. The van der Waals surface area contributed by atoms with E-state index in [1.54, 1.807) is 13.1 Å². The van der Waals surface area contributed by atoms with Gasteiger partial charge in [0.25, 0.3) is 6.47 Å². The van der Waals surface area contributed by atoms with Gasteiger partial charge in [0.05, 0.1) is 5.69 Å². The number of Topliss-reactive ketones (excluding diaryl/α,β-unsaturated/α-hetero) is 1. The number of carboxylic acids is 1. The van der Waals surface area contributed by atoms with Crippen molar-refractivity contribution in [2.24, 2.45) is 0 Å². The maximum absolute atomic E-state index is 12.3. The quantitative estimate of drug-likeness (QED) is 0.0551. The number of unbranched alkanes of at least 4 members (excludes halogenated alkanes) is 7. The number of urea groups is 1. The molecule has 0 bridgehead atoms. The minimum atomic E-state index is -0.878. The molecule has 286 valence electrons. The van der Waals surface area contributed by atoms with Crippen molar-refractivity contribution < 1.29 is 53.0 Å². The van der Waals surface area contributed by atoms with Crippen molar-refractivity contribution in [3.8, 4) is 0 Å². The average Bonchev–Trinajstić information content (AvgIpc) is 3.08. The summed E-state index contributed by atoms with van der Waals surface area (Å²) in [7, 11) is 2.04. The molecule has 1 rings (SSSR count). The van der Waals surface area contributed by atoms with Gasteiger partial charge in [0.15, 0.2) is 6.23 Å². The van der Waals surface area contributed by atoms with Crippen LogP contribution in [-0.2, 0) is 49.6 Å². The molecule has 3 amide bonds. The van der Waals surface area contributed by atoms with Gasteiger partial charge < -0.3 is 30.7 Å². The van der Waals surface area contributed by atoms with E-state index < -0.39 is 12.2 Å². The van der Waals surface area contributed by atoms with Crippen molar-refractivity contribution in [2.75, 3.05) is 20.1 Å².